The number of halogens is 3. The minimum absolute atomic E-state index is 0.223. The van der Waals surface area contributed by atoms with Gasteiger partial charge in [-0.3, -0.25) is 4.90 Å². The van der Waals surface area contributed by atoms with Gasteiger partial charge in [-0.2, -0.15) is 0 Å². The fraction of sp³-hybridized carbons (Fsp3) is 0.600. The van der Waals surface area contributed by atoms with Gasteiger partial charge >= 0.3 is 0 Å². The van der Waals surface area contributed by atoms with Crippen molar-refractivity contribution >= 4 is 0 Å². The number of nitrogens with zero attached hydrogens (tertiary/aromatic N) is 2. The van der Waals surface area contributed by atoms with Gasteiger partial charge < -0.3 is 10.6 Å². The average molecular weight is 303 g/mol. The van der Waals surface area contributed by atoms with E-state index >= 15 is 0 Å². The largest absolute Gasteiger partial charge is 0.329 e. The molecule has 1 atom stereocenters. The highest BCUT2D eigenvalue weighted by atomic mass is 19.2. The molecule has 1 aromatic rings. The molecule has 1 unspecified atom stereocenters. The van der Waals surface area contributed by atoms with Crippen LogP contribution in [0.1, 0.15) is 24.9 Å². The Bertz CT molecular complexity index is 429. The highest BCUT2D eigenvalue weighted by molar-refractivity contribution is 5.23. The van der Waals surface area contributed by atoms with Crippen molar-refractivity contribution < 1.29 is 13.2 Å². The lowest BCUT2D eigenvalue weighted by Crippen LogP contribution is -2.35. The first kappa shape index (κ1) is 17.9. The Morgan fingerprint density at radius 3 is 2.10 bits per heavy atom. The van der Waals surface area contributed by atoms with Crippen LogP contribution in [0.4, 0.5) is 13.2 Å². The SMILES string of the molecule is CCN(CCCN(C)C)C(CN)c1cc(F)c(F)c(F)c1. The second-order valence-electron chi connectivity index (χ2n) is 5.34. The molecule has 0 aliphatic carbocycles. The van der Waals surface area contributed by atoms with E-state index in [9.17, 15) is 13.2 Å². The quantitative estimate of drug-likeness (QED) is 0.748. The van der Waals surface area contributed by atoms with Gasteiger partial charge in [-0.05, 0) is 51.3 Å². The van der Waals surface area contributed by atoms with Crippen molar-refractivity contribution in [3.05, 3.63) is 35.1 Å². The molecule has 1 rings (SSSR count). The molecule has 0 fully saturated rings. The van der Waals surface area contributed by atoms with Crippen molar-refractivity contribution in [3.8, 4) is 0 Å². The number of benzene rings is 1. The summed E-state index contributed by atoms with van der Waals surface area (Å²) in [6.45, 7) is 4.57. The zero-order valence-corrected chi connectivity index (χ0v) is 12.9. The van der Waals surface area contributed by atoms with Crippen molar-refractivity contribution in [2.75, 3.05) is 40.3 Å². The molecule has 3 nitrogen and oxygen atoms in total. The van der Waals surface area contributed by atoms with E-state index < -0.39 is 17.5 Å². The molecule has 0 bridgehead atoms. The lowest BCUT2D eigenvalue weighted by molar-refractivity contribution is 0.200. The molecule has 120 valence electrons. The summed E-state index contributed by atoms with van der Waals surface area (Å²) in [5.74, 6) is -3.79. The van der Waals surface area contributed by atoms with Gasteiger partial charge in [-0.1, -0.05) is 6.92 Å². The van der Waals surface area contributed by atoms with E-state index in [4.69, 9.17) is 5.73 Å². The molecule has 2 N–H and O–H groups in total. The second-order valence-corrected chi connectivity index (χ2v) is 5.34. The lowest BCUT2D eigenvalue weighted by atomic mass is 10.0. The van der Waals surface area contributed by atoms with Crippen LogP contribution < -0.4 is 5.73 Å². The van der Waals surface area contributed by atoms with E-state index in [0.717, 1.165) is 31.6 Å². The molecule has 0 spiro atoms. The Labute approximate surface area is 124 Å². The lowest BCUT2D eigenvalue weighted by Gasteiger charge is -2.30. The van der Waals surface area contributed by atoms with Crippen molar-refractivity contribution in [1.29, 1.82) is 0 Å². The smallest absolute Gasteiger partial charge is 0.194 e. The molecule has 0 aromatic heterocycles. The summed E-state index contributed by atoms with van der Waals surface area (Å²) in [7, 11) is 3.98. The van der Waals surface area contributed by atoms with Crippen molar-refractivity contribution in [2.45, 2.75) is 19.4 Å². The van der Waals surface area contributed by atoms with E-state index in [1.54, 1.807) is 0 Å². The van der Waals surface area contributed by atoms with Gasteiger partial charge in [0.15, 0.2) is 17.5 Å². The van der Waals surface area contributed by atoms with Crippen LogP contribution in [0.15, 0.2) is 12.1 Å². The van der Waals surface area contributed by atoms with Crippen LogP contribution in [0, 0.1) is 17.5 Å². The molecular formula is C15H24F3N3. The third kappa shape index (κ3) is 4.98. The predicted octanol–water partition coefficient (Wildman–Crippen LogP) is 2.38. The van der Waals surface area contributed by atoms with Crippen LogP contribution in [0.25, 0.3) is 0 Å². The molecule has 0 aliphatic heterocycles. The summed E-state index contributed by atoms with van der Waals surface area (Å²) in [6.07, 6.45) is 0.920. The Morgan fingerprint density at radius 2 is 1.67 bits per heavy atom. The number of rotatable bonds is 8. The zero-order chi connectivity index (χ0) is 16.0. The van der Waals surface area contributed by atoms with Gasteiger partial charge in [0.25, 0.3) is 0 Å². The van der Waals surface area contributed by atoms with Gasteiger partial charge in [0, 0.05) is 19.1 Å². The molecule has 0 heterocycles. The number of hydrogen-bond donors (Lipinski definition) is 1. The van der Waals surface area contributed by atoms with Crippen LogP contribution in [0.2, 0.25) is 0 Å². The van der Waals surface area contributed by atoms with Gasteiger partial charge in [-0.15, -0.1) is 0 Å². The molecule has 0 radical (unpaired) electrons. The van der Waals surface area contributed by atoms with Gasteiger partial charge in [-0.25, -0.2) is 13.2 Å². The van der Waals surface area contributed by atoms with Crippen molar-refractivity contribution in [1.82, 2.24) is 9.80 Å². The number of hydrogen-bond acceptors (Lipinski definition) is 3. The summed E-state index contributed by atoms with van der Waals surface area (Å²) in [4.78, 5) is 4.12. The summed E-state index contributed by atoms with van der Waals surface area (Å²) < 4.78 is 39.8. The third-order valence-electron chi connectivity index (χ3n) is 3.51. The topological polar surface area (TPSA) is 32.5 Å². The third-order valence-corrected chi connectivity index (χ3v) is 3.51. The highest BCUT2D eigenvalue weighted by Gasteiger charge is 2.21. The highest BCUT2D eigenvalue weighted by Crippen LogP contribution is 2.23. The maximum atomic E-state index is 13.4. The minimum Gasteiger partial charge on any atom is -0.329 e. The number of nitrogens with two attached hydrogens (primary N) is 1. The number of likely N-dealkylation sites (N-methyl/N-ethyl adjacent to an activating group) is 1. The predicted molar refractivity (Wildman–Crippen MR) is 78.5 cm³/mol. The average Bonchev–Trinajstić information content (AvgIpc) is 2.43. The first-order valence-electron chi connectivity index (χ1n) is 7.14. The summed E-state index contributed by atoms with van der Waals surface area (Å²) in [5.41, 5.74) is 6.14. The van der Waals surface area contributed by atoms with E-state index in [2.05, 4.69) is 9.80 Å². The van der Waals surface area contributed by atoms with E-state index in [1.165, 1.54) is 0 Å². The van der Waals surface area contributed by atoms with Crippen LogP contribution in [0.3, 0.4) is 0 Å². The Kier molecular flexibility index (Phi) is 7.14. The molecule has 21 heavy (non-hydrogen) atoms. The minimum atomic E-state index is -1.44. The van der Waals surface area contributed by atoms with Crippen molar-refractivity contribution in [3.63, 3.8) is 0 Å². The summed E-state index contributed by atoms with van der Waals surface area (Å²) in [5, 5.41) is 0. The Hall–Kier alpha value is -1.11. The fourth-order valence-electron chi connectivity index (χ4n) is 2.39. The van der Waals surface area contributed by atoms with Crippen LogP contribution in [0.5, 0.6) is 0 Å². The van der Waals surface area contributed by atoms with Gasteiger partial charge in [0.05, 0.1) is 0 Å². The molecule has 0 saturated heterocycles. The van der Waals surface area contributed by atoms with Crippen LogP contribution in [-0.2, 0) is 0 Å². The molecule has 0 saturated carbocycles. The maximum absolute atomic E-state index is 13.4. The standard InChI is InChI=1S/C15H24F3N3/c1-4-21(7-5-6-20(2)3)14(10-19)11-8-12(16)15(18)13(17)9-11/h8-9,14H,4-7,10,19H2,1-3H3. The van der Waals surface area contributed by atoms with Crippen LogP contribution >= 0.6 is 0 Å². The zero-order valence-electron chi connectivity index (χ0n) is 12.9. The molecule has 1 aromatic carbocycles. The van der Waals surface area contributed by atoms with Gasteiger partial charge in [0.1, 0.15) is 0 Å². The maximum Gasteiger partial charge on any atom is 0.194 e. The Morgan fingerprint density at radius 1 is 1.10 bits per heavy atom. The molecule has 0 amide bonds. The first-order chi connectivity index (χ1) is 9.90. The first-order valence-corrected chi connectivity index (χ1v) is 7.14. The monoisotopic (exact) mass is 303 g/mol. The van der Waals surface area contributed by atoms with Gasteiger partial charge in [0.2, 0.25) is 0 Å². The van der Waals surface area contributed by atoms with Crippen LogP contribution in [-0.4, -0.2) is 50.1 Å². The fourth-order valence-corrected chi connectivity index (χ4v) is 2.39. The second kappa shape index (κ2) is 8.36. The van der Waals surface area contributed by atoms with Crippen molar-refractivity contribution in [2.24, 2.45) is 5.73 Å². The molecule has 0 aliphatic rings. The van der Waals surface area contributed by atoms with E-state index in [-0.39, 0.29) is 12.6 Å². The molecule has 6 heteroatoms. The summed E-state index contributed by atoms with van der Waals surface area (Å²) >= 11 is 0. The Balaban J connectivity index is 2.88. The normalized spacial score (nSPS) is 13.2. The van der Waals surface area contributed by atoms with E-state index in [1.807, 2.05) is 21.0 Å². The molecular weight excluding hydrogens is 279 g/mol. The summed E-state index contributed by atoms with van der Waals surface area (Å²) in [6, 6.07) is 1.75. The van der Waals surface area contributed by atoms with E-state index in [0.29, 0.717) is 12.1 Å².